The van der Waals surface area contributed by atoms with Crippen molar-refractivity contribution >= 4 is 21.5 Å². The van der Waals surface area contributed by atoms with E-state index in [1.807, 2.05) is 6.08 Å². The number of hydrogen-bond donors (Lipinski definition) is 0. The summed E-state index contributed by atoms with van der Waals surface area (Å²) in [6, 6.07) is 20.0. The van der Waals surface area contributed by atoms with E-state index in [2.05, 4.69) is 61.2 Å². The van der Waals surface area contributed by atoms with Gasteiger partial charge in [-0.2, -0.15) is 0 Å². The first-order valence-electron chi connectivity index (χ1n) is 8.40. The predicted octanol–water partition coefficient (Wildman–Crippen LogP) is 6.67. The first-order chi connectivity index (χ1) is 10.9. The number of allylic oxidation sites excluding steroid dienone is 1. The molecule has 0 nitrogen and oxygen atoms in total. The van der Waals surface area contributed by atoms with Crippen LogP contribution in [-0.4, -0.2) is 0 Å². The molecule has 0 aromatic heterocycles. The van der Waals surface area contributed by atoms with Crippen LogP contribution in [0.5, 0.6) is 0 Å². The van der Waals surface area contributed by atoms with Crippen molar-refractivity contribution in [3.63, 3.8) is 0 Å². The zero-order chi connectivity index (χ0) is 15.2. The second-order valence-corrected chi connectivity index (χ2v) is 6.08. The second kappa shape index (κ2) is 7.26. The van der Waals surface area contributed by atoms with Crippen LogP contribution in [0.1, 0.15) is 37.7 Å². The lowest BCUT2D eigenvalue weighted by Crippen LogP contribution is -1.89. The summed E-state index contributed by atoms with van der Waals surface area (Å²) in [4.78, 5) is 0. The molecule has 0 heteroatoms. The molecule has 112 valence electrons. The first kappa shape index (κ1) is 14.8. The van der Waals surface area contributed by atoms with E-state index in [1.165, 1.54) is 59.2 Å². The van der Waals surface area contributed by atoms with Crippen LogP contribution in [0.25, 0.3) is 21.5 Å². The molecule has 22 heavy (non-hydrogen) atoms. The molecule has 0 saturated heterocycles. The summed E-state index contributed by atoms with van der Waals surface area (Å²) < 4.78 is 0. The number of fused-ring (bicyclic) bond motifs is 2. The maximum Gasteiger partial charge on any atom is -0.0146 e. The van der Waals surface area contributed by atoms with Crippen molar-refractivity contribution in [2.45, 2.75) is 38.5 Å². The van der Waals surface area contributed by atoms with Crippen LogP contribution in [-0.2, 0) is 6.42 Å². The van der Waals surface area contributed by atoms with Gasteiger partial charge in [-0.1, -0.05) is 61.4 Å². The molecule has 3 aromatic carbocycles. The number of aryl methyl sites for hydroxylation is 1. The maximum absolute atomic E-state index is 3.79. The molecule has 0 radical (unpaired) electrons. The molecule has 0 aliphatic heterocycles. The van der Waals surface area contributed by atoms with Gasteiger partial charge in [0.2, 0.25) is 0 Å². The first-order valence-corrected chi connectivity index (χ1v) is 8.40. The van der Waals surface area contributed by atoms with Crippen LogP contribution in [0.15, 0.2) is 67.3 Å². The van der Waals surface area contributed by atoms with Crippen LogP contribution in [0.2, 0.25) is 0 Å². The van der Waals surface area contributed by atoms with Gasteiger partial charge < -0.3 is 0 Å². The molecule has 0 heterocycles. The van der Waals surface area contributed by atoms with Crippen LogP contribution in [0.4, 0.5) is 0 Å². The lowest BCUT2D eigenvalue weighted by atomic mass is 9.96. The zero-order valence-corrected chi connectivity index (χ0v) is 13.2. The Hall–Kier alpha value is -2.08. The summed E-state index contributed by atoms with van der Waals surface area (Å²) >= 11 is 0. The van der Waals surface area contributed by atoms with Gasteiger partial charge in [0, 0.05) is 0 Å². The molecule has 3 aromatic rings. The molecule has 0 saturated carbocycles. The van der Waals surface area contributed by atoms with Crippen molar-refractivity contribution in [3.05, 3.63) is 72.8 Å². The second-order valence-electron chi connectivity index (χ2n) is 6.08. The Kier molecular flexibility index (Phi) is 4.90. The Morgan fingerprint density at radius 1 is 0.727 bits per heavy atom. The van der Waals surface area contributed by atoms with Gasteiger partial charge in [0.15, 0.2) is 0 Å². The van der Waals surface area contributed by atoms with Gasteiger partial charge in [-0.05, 0) is 64.9 Å². The van der Waals surface area contributed by atoms with E-state index in [-0.39, 0.29) is 0 Å². The average Bonchev–Trinajstić information content (AvgIpc) is 2.56. The fourth-order valence-corrected chi connectivity index (χ4v) is 3.21. The smallest absolute Gasteiger partial charge is 0.0146 e. The Morgan fingerprint density at radius 3 is 2.27 bits per heavy atom. The zero-order valence-electron chi connectivity index (χ0n) is 13.2. The van der Waals surface area contributed by atoms with Crippen molar-refractivity contribution in [3.8, 4) is 0 Å². The quantitative estimate of drug-likeness (QED) is 0.259. The van der Waals surface area contributed by atoms with Gasteiger partial charge >= 0.3 is 0 Å². The van der Waals surface area contributed by atoms with Gasteiger partial charge in [0.1, 0.15) is 0 Å². The molecule has 0 unspecified atom stereocenters. The molecule has 0 atom stereocenters. The number of hydrogen-bond acceptors (Lipinski definition) is 0. The molecule has 0 amide bonds. The molecule has 0 bridgehead atoms. The SMILES string of the molecule is C=CCCCCCCc1cccc2cc3ccccc3cc12. The summed E-state index contributed by atoms with van der Waals surface area (Å²) in [5, 5.41) is 5.46. The highest BCUT2D eigenvalue weighted by atomic mass is 14.1. The summed E-state index contributed by atoms with van der Waals surface area (Å²) in [6.07, 6.45) is 9.56. The van der Waals surface area contributed by atoms with Crippen LogP contribution in [0.3, 0.4) is 0 Å². The molecular formula is C22H24. The summed E-state index contributed by atoms with van der Waals surface area (Å²) in [5.41, 5.74) is 1.49. The lowest BCUT2D eigenvalue weighted by molar-refractivity contribution is 0.647. The van der Waals surface area contributed by atoms with Gasteiger partial charge in [-0.15, -0.1) is 6.58 Å². The third kappa shape index (κ3) is 3.39. The van der Waals surface area contributed by atoms with Gasteiger partial charge in [0.25, 0.3) is 0 Å². The van der Waals surface area contributed by atoms with E-state index >= 15 is 0 Å². The molecule has 3 rings (SSSR count). The van der Waals surface area contributed by atoms with Crippen molar-refractivity contribution in [1.29, 1.82) is 0 Å². The largest absolute Gasteiger partial charge is 0.103 e. The Balaban J connectivity index is 1.77. The highest BCUT2D eigenvalue weighted by Gasteiger charge is 2.03. The summed E-state index contributed by atoms with van der Waals surface area (Å²) in [6.45, 7) is 3.79. The normalized spacial score (nSPS) is 11.1. The van der Waals surface area contributed by atoms with Crippen molar-refractivity contribution in [2.75, 3.05) is 0 Å². The van der Waals surface area contributed by atoms with E-state index in [9.17, 15) is 0 Å². The highest BCUT2D eigenvalue weighted by molar-refractivity contribution is 5.99. The Bertz CT molecular complexity index is 767. The van der Waals surface area contributed by atoms with Gasteiger partial charge in [-0.3, -0.25) is 0 Å². The standard InChI is InChI=1S/C22H24/c1-2-3-4-5-6-7-11-18-14-10-15-21-16-19-12-8-9-13-20(19)17-22(18)21/h2,8-10,12-17H,1,3-7,11H2. The number of benzene rings is 3. The highest BCUT2D eigenvalue weighted by Crippen LogP contribution is 2.26. The fraction of sp³-hybridized carbons (Fsp3) is 0.273. The van der Waals surface area contributed by atoms with E-state index < -0.39 is 0 Å². The molecular weight excluding hydrogens is 264 g/mol. The summed E-state index contributed by atoms with van der Waals surface area (Å²) in [7, 11) is 0. The third-order valence-electron chi connectivity index (χ3n) is 4.44. The Morgan fingerprint density at radius 2 is 1.45 bits per heavy atom. The monoisotopic (exact) mass is 288 g/mol. The van der Waals surface area contributed by atoms with E-state index in [1.54, 1.807) is 0 Å². The molecule has 0 spiro atoms. The van der Waals surface area contributed by atoms with Crippen molar-refractivity contribution in [1.82, 2.24) is 0 Å². The number of unbranched alkanes of at least 4 members (excludes halogenated alkanes) is 4. The fourth-order valence-electron chi connectivity index (χ4n) is 3.21. The van der Waals surface area contributed by atoms with E-state index in [4.69, 9.17) is 0 Å². The molecule has 0 N–H and O–H groups in total. The molecule has 0 aliphatic carbocycles. The van der Waals surface area contributed by atoms with Crippen molar-refractivity contribution < 1.29 is 0 Å². The van der Waals surface area contributed by atoms with E-state index in [0.717, 1.165) is 6.42 Å². The minimum absolute atomic E-state index is 1.15. The molecule has 0 aliphatic rings. The van der Waals surface area contributed by atoms with Crippen LogP contribution in [0, 0.1) is 0 Å². The Labute approximate surface area is 133 Å². The number of rotatable bonds is 7. The topological polar surface area (TPSA) is 0 Å². The van der Waals surface area contributed by atoms with Crippen LogP contribution < -0.4 is 0 Å². The third-order valence-corrected chi connectivity index (χ3v) is 4.44. The summed E-state index contributed by atoms with van der Waals surface area (Å²) in [5.74, 6) is 0. The van der Waals surface area contributed by atoms with E-state index in [0.29, 0.717) is 0 Å². The molecule has 0 fully saturated rings. The average molecular weight is 288 g/mol. The minimum Gasteiger partial charge on any atom is -0.103 e. The van der Waals surface area contributed by atoms with Crippen LogP contribution >= 0.6 is 0 Å². The maximum atomic E-state index is 3.79. The minimum atomic E-state index is 1.15. The van der Waals surface area contributed by atoms with Gasteiger partial charge in [0.05, 0.1) is 0 Å². The lowest BCUT2D eigenvalue weighted by Gasteiger charge is -2.08. The van der Waals surface area contributed by atoms with Gasteiger partial charge in [-0.25, -0.2) is 0 Å². The van der Waals surface area contributed by atoms with Crippen molar-refractivity contribution in [2.24, 2.45) is 0 Å². The predicted molar refractivity (Wildman–Crippen MR) is 98.4 cm³/mol.